The highest BCUT2D eigenvalue weighted by Crippen LogP contribution is 2.39. The molecule has 0 fully saturated rings. The van der Waals surface area contributed by atoms with E-state index >= 15 is 0 Å². The van der Waals surface area contributed by atoms with Crippen molar-refractivity contribution in [2.75, 3.05) is 0 Å². The molecule has 0 aliphatic carbocycles. The summed E-state index contributed by atoms with van der Waals surface area (Å²) in [5, 5.41) is 16.9. The van der Waals surface area contributed by atoms with Crippen LogP contribution in [0.4, 0.5) is 5.69 Å². The zero-order valence-corrected chi connectivity index (χ0v) is 24.1. The lowest BCUT2D eigenvalue weighted by Gasteiger charge is -2.09. The lowest BCUT2D eigenvalue weighted by molar-refractivity contribution is -0.384. The van der Waals surface area contributed by atoms with Gasteiger partial charge in [0.05, 0.1) is 32.6 Å². The molecule has 0 bridgehead atoms. The number of hydrogen-bond acceptors (Lipinski definition) is 2. The van der Waals surface area contributed by atoms with Gasteiger partial charge in [0.2, 0.25) is 0 Å². The number of nitro benzene ring substituents is 1. The van der Waals surface area contributed by atoms with Gasteiger partial charge < -0.3 is 8.97 Å². The van der Waals surface area contributed by atoms with Crippen molar-refractivity contribution in [3.8, 4) is 27.9 Å². The Morgan fingerprint density at radius 2 is 1.16 bits per heavy atom. The molecule has 0 unspecified atom stereocenters. The Morgan fingerprint density at radius 1 is 0.489 bits per heavy atom. The Morgan fingerprint density at radius 3 is 2.02 bits per heavy atom. The van der Waals surface area contributed by atoms with E-state index in [0.717, 1.165) is 66.1 Å². The van der Waals surface area contributed by atoms with Gasteiger partial charge in [-0.3, -0.25) is 10.1 Å². The van der Waals surface area contributed by atoms with Crippen LogP contribution in [0.2, 0.25) is 0 Å². The molecule has 212 valence electrons. The third-order valence-electron chi connectivity index (χ3n) is 8.97. The molecule has 9 rings (SSSR count). The fourth-order valence-electron chi connectivity index (χ4n) is 6.92. The van der Waals surface area contributed by atoms with Gasteiger partial charge in [0, 0.05) is 33.4 Å². The lowest BCUT2D eigenvalue weighted by Crippen LogP contribution is -1.94. The summed E-state index contributed by atoms with van der Waals surface area (Å²) in [6.45, 7) is 0. The normalized spacial score (nSPS) is 11.7. The lowest BCUT2D eigenvalue weighted by atomic mass is 9.97. The Bertz CT molecular complexity index is 2630. The first-order chi connectivity index (χ1) is 22.1. The number of benzene rings is 6. The molecule has 5 nitrogen and oxygen atoms in total. The summed E-state index contributed by atoms with van der Waals surface area (Å²) in [5.74, 6) is 0. The highest BCUT2D eigenvalue weighted by atomic mass is 16.6. The van der Waals surface area contributed by atoms with Crippen molar-refractivity contribution in [3.63, 3.8) is 0 Å². The predicted molar refractivity (Wildman–Crippen MR) is 184 cm³/mol. The number of nitro groups is 1. The maximum Gasteiger partial charge on any atom is 0.277 e. The van der Waals surface area contributed by atoms with Crippen LogP contribution < -0.4 is 0 Å². The molecule has 0 amide bonds. The molecule has 0 radical (unpaired) electrons. The minimum atomic E-state index is -0.271. The first-order valence-corrected chi connectivity index (χ1v) is 14.9. The first-order valence-electron chi connectivity index (χ1n) is 14.9. The van der Waals surface area contributed by atoms with E-state index in [0.29, 0.717) is 5.56 Å². The zero-order valence-electron chi connectivity index (χ0n) is 24.1. The van der Waals surface area contributed by atoms with Crippen LogP contribution in [0.5, 0.6) is 0 Å². The Balaban J connectivity index is 1.18. The van der Waals surface area contributed by atoms with E-state index in [2.05, 4.69) is 106 Å². The van der Waals surface area contributed by atoms with E-state index in [1.807, 2.05) is 48.5 Å². The summed E-state index contributed by atoms with van der Waals surface area (Å²) in [7, 11) is 0. The van der Waals surface area contributed by atoms with E-state index in [1.54, 1.807) is 6.07 Å². The highest BCUT2D eigenvalue weighted by molar-refractivity contribution is 6.10. The van der Waals surface area contributed by atoms with Gasteiger partial charge in [-0.15, -0.1) is 0 Å². The second-order valence-corrected chi connectivity index (χ2v) is 11.5. The van der Waals surface area contributed by atoms with Crippen molar-refractivity contribution in [1.82, 2.24) is 8.97 Å². The van der Waals surface area contributed by atoms with E-state index in [9.17, 15) is 10.1 Å². The monoisotopic (exact) mass is 579 g/mol. The summed E-state index contributed by atoms with van der Waals surface area (Å²) in [6, 6.07) is 51.5. The molecule has 9 aromatic rings. The van der Waals surface area contributed by atoms with Crippen molar-refractivity contribution in [1.29, 1.82) is 0 Å². The molecule has 3 aromatic heterocycles. The van der Waals surface area contributed by atoms with Crippen LogP contribution in [0.15, 0.2) is 152 Å². The van der Waals surface area contributed by atoms with Crippen LogP contribution in [0.25, 0.3) is 77.1 Å². The van der Waals surface area contributed by atoms with Gasteiger partial charge in [0.1, 0.15) is 0 Å². The molecule has 0 aliphatic rings. The topological polar surface area (TPSA) is 52.5 Å². The van der Waals surface area contributed by atoms with Gasteiger partial charge in [-0.2, -0.15) is 0 Å². The smallest absolute Gasteiger partial charge is 0.277 e. The molecule has 0 N–H and O–H groups in total. The van der Waals surface area contributed by atoms with Gasteiger partial charge in [-0.1, -0.05) is 78.9 Å². The summed E-state index contributed by atoms with van der Waals surface area (Å²) in [4.78, 5) is 12.2. The highest BCUT2D eigenvalue weighted by Gasteiger charge is 2.19. The Kier molecular flexibility index (Phi) is 5.43. The van der Waals surface area contributed by atoms with Crippen LogP contribution in [0, 0.1) is 10.1 Å². The zero-order chi connectivity index (χ0) is 30.1. The molecule has 0 saturated heterocycles. The SMILES string of the molecule is O=[N+]([O-])c1cc(-c2ccc3c(c2)c2ccccc2n3-c2ccccc2)ccc1-c1ccc2c(c1)cc1ccc3ccccc3n12. The Labute approximate surface area is 258 Å². The second kappa shape index (κ2) is 9.66. The molecule has 0 atom stereocenters. The minimum Gasteiger partial charge on any atom is -0.309 e. The number of pyridine rings is 1. The molecule has 0 saturated carbocycles. The van der Waals surface area contributed by atoms with E-state index < -0.39 is 0 Å². The summed E-state index contributed by atoms with van der Waals surface area (Å²) < 4.78 is 4.51. The second-order valence-electron chi connectivity index (χ2n) is 11.5. The number of aromatic nitrogens is 2. The van der Waals surface area contributed by atoms with Crippen molar-refractivity contribution < 1.29 is 4.92 Å². The van der Waals surface area contributed by atoms with Crippen LogP contribution in [0.3, 0.4) is 0 Å². The van der Waals surface area contributed by atoms with Gasteiger partial charge in [-0.25, -0.2) is 0 Å². The fourth-order valence-corrected chi connectivity index (χ4v) is 6.92. The summed E-state index contributed by atoms with van der Waals surface area (Å²) >= 11 is 0. The molecule has 6 aromatic carbocycles. The molecular formula is C40H25N3O2. The van der Waals surface area contributed by atoms with E-state index in [1.165, 1.54) is 5.39 Å². The van der Waals surface area contributed by atoms with Gasteiger partial charge in [0.25, 0.3) is 5.69 Å². The van der Waals surface area contributed by atoms with Gasteiger partial charge in [-0.05, 0) is 88.8 Å². The number of hydrogen-bond donors (Lipinski definition) is 0. The molecule has 0 aliphatic heterocycles. The van der Waals surface area contributed by atoms with Crippen molar-refractivity contribution in [3.05, 3.63) is 162 Å². The first kappa shape index (κ1) is 25.3. The van der Waals surface area contributed by atoms with E-state index in [4.69, 9.17) is 0 Å². The van der Waals surface area contributed by atoms with Crippen molar-refractivity contribution in [2.45, 2.75) is 0 Å². The predicted octanol–water partition coefficient (Wildman–Crippen LogP) is 10.6. The summed E-state index contributed by atoms with van der Waals surface area (Å²) in [5.41, 5.74) is 9.89. The standard InChI is InChI=1S/C40H25N3O2/c44-43(45)40-25-28(27-16-21-39-35(24-27)34-11-5-7-13-38(34)41(39)31-9-2-1-3-10-31)15-19-33(40)29-17-20-37-30(22-29)23-32-18-14-26-8-4-6-12-36(26)42(32)37/h1-25H. The average molecular weight is 580 g/mol. The molecular weight excluding hydrogens is 554 g/mol. The maximum atomic E-state index is 12.5. The Hall–Kier alpha value is -6.20. The fraction of sp³-hybridized carbons (Fsp3) is 0. The molecule has 0 spiro atoms. The van der Waals surface area contributed by atoms with Crippen LogP contribution in [-0.4, -0.2) is 13.9 Å². The maximum absolute atomic E-state index is 12.5. The molecule has 3 heterocycles. The van der Waals surface area contributed by atoms with Crippen molar-refractivity contribution >= 4 is 54.8 Å². The van der Waals surface area contributed by atoms with Crippen LogP contribution in [0.1, 0.15) is 0 Å². The molecule has 45 heavy (non-hydrogen) atoms. The van der Waals surface area contributed by atoms with Crippen LogP contribution >= 0.6 is 0 Å². The number of para-hydroxylation sites is 3. The third kappa shape index (κ3) is 3.88. The quantitative estimate of drug-likeness (QED) is 0.154. The van der Waals surface area contributed by atoms with E-state index in [-0.39, 0.29) is 10.6 Å². The number of nitrogens with zero attached hydrogens (tertiary/aromatic N) is 3. The summed E-state index contributed by atoms with van der Waals surface area (Å²) in [6.07, 6.45) is 0. The average Bonchev–Trinajstić information content (AvgIpc) is 3.63. The van der Waals surface area contributed by atoms with Crippen molar-refractivity contribution in [2.24, 2.45) is 0 Å². The minimum absolute atomic E-state index is 0.0906. The number of fused-ring (bicyclic) bond motifs is 8. The number of rotatable bonds is 4. The third-order valence-corrected chi connectivity index (χ3v) is 8.97. The largest absolute Gasteiger partial charge is 0.309 e. The molecule has 5 heteroatoms. The van der Waals surface area contributed by atoms with Crippen LogP contribution in [-0.2, 0) is 0 Å². The van der Waals surface area contributed by atoms with Gasteiger partial charge in [0.15, 0.2) is 0 Å². The van der Waals surface area contributed by atoms with Gasteiger partial charge >= 0.3 is 0 Å².